The zero-order valence-electron chi connectivity index (χ0n) is 10.3. The average Bonchev–Trinajstić information content (AvgIpc) is 2.24. The summed E-state index contributed by atoms with van der Waals surface area (Å²) in [5.41, 5.74) is 5.63. The van der Waals surface area contributed by atoms with Gasteiger partial charge in [0.15, 0.2) is 5.96 Å². The lowest BCUT2D eigenvalue weighted by Gasteiger charge is -2.12. The molecule has 0 aliphatic heterocycles. The highest BCUT2D eigenvalue weighted by molar-refractivity contribution is 14.0. The number of carbonyl (C=O) groups is 1. The van der Waals surface area contributed by atoms with Crippen LogP contribution in [0.5, 0.6) is 0 Å². The lowest BCUT2D eigenvalue weighted by molar-refractivity contribution is -0.144. The van der Waals surface area contributed by atoms with Crippen molar-refractivity contribution in [2.75, 3.05) is 13.7 Å². The van der Waals surface area contributed by atoms with Crippen LogP contribution in [0.25, 0.3) is 0 Å². The summed E-state index contributed by atoms with van der Waals surface area (Å²) in [5, 5.41) is 3.02. The number of nitrogens with two attached hydrogens (primary N) is 1. The maximum absolute atomic E-state index is 11.0. The van der Waals surface area contributed by atoms with Crippen molar-refractivity contribution >= 4 is 35.9 Å². The molecular weight excluding hydrogens is 321 g/mol. The van der Waals surface area contributed by atoms with Gasteiger partial charge in [0.1, 0.15) is 0 Å². The van der Waals surface area contributed by atoms with E-state index in [0.717, 1.165) is 6.42 Å². The van der Waals surface area contributed by atoms with Crippen LogP contribution in [0, 0.1) is 5.92 Å². The number of hydrogen-bond acceptors (Lipinski definition) is 3. The van der Waals surface area contributed by atoms with Crippen molar-refractivity contribution < 1.29 is 9.53 Å². The van der Waals surface area contributed by atoms with Crippen molar-refractivity contribution in [1.29, 1.82) is 0 Å². The molecule has 0 rings (SSSR count). The van der Waals surface area contributed by atoms with E-state index in [-0.39, 0.29) is 35.9 Å². The summed E-state index contributed by atoms with van der Waals surface area (Å²) in [4.78, 5) is 15.1. The summed E-state index contributed by atoms with van der Waals surface area (Å²) in [6.45, 7) is 6.18. The summed E-state index contributed by atoms with van der Waals surface area (Å²) >= 11 is 0. The highest BCUT2D eigenvalue weighted by Crippen LogP contribution is 1.97. The molecule has 0 spiro atoms. The Morgan fingerprint density at radius 2 is 2.06 bits per heavy atom. The van der Waals surface area contributed by atoms with Crippen LogP contribution < -0.4 is 11.1 Å². The zero-order valence-corrected chi connectivity index (χ0v) is 12.6. The molecule has 5 nitrogen and oxygen atoms in total. The smallest absolute Gasteiger partial charge is 0.310 e. The Balaban J connectivity index is 0. The van der Waals surface area contributed by atoms with Crippen molar-refractivity contribution in [3.8, 4) is 0 Å². The molecule has 2 unspecified atom stereocenters. The third kappa shape index (κ3) is 7.72. The van der Waals surface area contributed by atoms with Crippen LogP contribution in [-0.4, -0.2) is 31.6 Å². The van der Waals surface area contributed by atoms with Crippen LogP contribution in [0.15, 0.2) is 4.99 Å². The zero-order chi connectivity index (χ0) is 11.8. The van der Waals surface area contributed by atoms with Gasteiger partial charge in [-0.25, -0.2) is 0 Å². The second kappa shape index (κ2) is 9.68. The van der Waals surface area contributed by atoms with Gasteiger partial charge in [0.2, 0.25) is 0 Å². The quantitative estimate of drug-likeness (QED) is 0.339. The number of nitrogens with zero attached hydrogens (tertiary/aromatic N) is 1. The van der Waals surface area contributed by atoms with E-state index < -0.39 is 0 Å². The van der Waals surface area contributed by atoms with Gasteiger partial charge in [-0.1, -0.05) is 13.8 Å². The first-order chi connectivity index (χ1) is 7.01. The third-order valence-corrected chi connectivity index (χ3v) is 2.15. The molecule has 96 valence electrons. The van der Waals surface area contributed by atoms with E-state index in [9.17, 15) is 4.79 Å². The first-order valence-electron chi connectivity index (χ1n) is 5.15. The number of rotatable bonds is 5. The molecular formula is C10H22IN3O2. The van der Waals surface area contributed by atoms with Gasteiger partial charge in [0.25, 0.3) is 0 Å². The van der Waals surface area contributed by atoms with Crippen molar-refractivity contribution in [3.05, 3.63) is 0 Å². The summed E-state index contributed by atoms with van der Waals surface area (Å²) in [7, 11) is 1.36. The molecule has 0 aromatic heterocycles. The fraction of sp³-hybridized carbons (Fsp3) is 0.800. The molecule has 0 saturated heterocycles. The molecule has 0 bridgehead atoms. The largest absolute Gasteiger partial charge is 0.469 e. The molecule has 0 aromatic carbocycles. The standard InChI is InChI=1S/C10H21N3O2.HI/c1-5-8(3)13-10(11)12-6-7(2)9(14)15-4;/h7-8H,5-6H2,1-4H3,(H3,11,12,13);1H. The van der Waals surface area contributed by atoms with Crippen molar-refractivity contribution in [2.45, 2.75) is 33.2 Å². The molecule has 0 aliphatic carbocycles. The highest BCUT2D eigenvalue weighted by Gasteiger charge is 2.12. The molecule has 0 aliphatic rings. The Hall–Kier alpha value is -0.530. The average molecular weight is 343 g/mol. The Morgan fingerprint density at radius 1 is 1.50 bits per heavy atom. The molecule has 0 saturated carbocycles. The maximum Gasteiger partial charge on any atom is 0.310 e. The van der Waals surface area contributed by atoms with Gasteiger partial charge < -0.3 is 15.8 Å². The van der Waals surface area contributed by atoms with Crippen LogP contribution in [0.1, 0.15) is 27.2 Å². The van der Waals surface area contributed by atoms with Crippen LogP contribution in [-0.2, 0) is 9.53 Å². The number of ether oxygens (including phenoxy) is 1. The molecule has 0 amide bonds. The van der Waals surface area contributed by atoms with Crippen LogP contribution in [0.3, 0.4) is 0 Å². The maximum atomic E-state index is 11.0. The van der Waals surface area contributed by atoms with Crippen molar-refractivity contribution in [2.24, 2.45) is 16.6 Å². The number of carbonyl (C=O) groups excluding carboxylic acids is 1. The minimum absolute atomic E-state index is 0. The van der Waals surface area contributed by atoms with E-state index in [1.807, 2.05) is 6.92 Å². The fourth-order valence-corrected chi connectivity index (χ4v) is 0.911. The summed E-state index contributed by atoms with van der Waals surface area (Å²) in [6, 6.07) is 0.294. The van der Waals surface area contributed by atoms with E-state index in [0.29, 0.717) is 18.5 Å². The second-order valence-electron chi connectivity index (χ2n) is 3.60. The molecule has 0 heterocycles. The minimum atomic E-state index is -0.268. The van der Waals surface area contributed by atoms with Gasteiger partial charge in [0, 0.05) is 6.04 Å². The number of aliphatic imine (C=N–C) groups is 1. The van der Waals surface area contributed by atoms with Crippen molar-refractivity contribution in [3.63, 3.8) is 0 Å². The predicted molar refractivity (Wildman–Crippen MR) is 76.0 cm³/mol. The van der Waals surface area contributed by atoms with E-state index in [2.05, 4.69) is 22.0 Å². The molecule has 0 aromatic rings. The first kappa shape index (κ1) is 17.9. The highest BCUT2D eigenvalue weighted by atomic mass is 127. The number of methoxy groups -OCH3 is 1. The molecule has 3 N–H and O–H groups in total. The Bertz CT molecular complexity index is 234. The lowest BCUT2D eigenvalue weighted by atomic mass is 10.2. The number of hydrogen-bond donors (Lipinski definition) is 2. The van der Waals surface area contributed by atoms with Crippen molar-refractivity contribution in [1.82, 2.24) is 5.32 Å². The monoisotopic (exact) mass is 343 g/mol. The van der Waals surface area contributed by atoms with E-state index in [1.165, 1.54) is 7.11 Å². The SMILES string of the molecule is CCC(C)NC(N)=NCC(C)C(=O)OC.I. The molecule has 6 heteroatoms. The van der Waals surface area contributed by atoms with Gasteiger partial charge in [-0.2, -0.15) is 0 Å². The van der Waals surface area contributed by atoms with Crippen LogP contribution >= 0.6 is 24.0 Å². The van der Waals surface area contributed by atoms with Gasteiger partial charge in [-0.15, -0.1) is 24.0 Å². The Labute approximate surface area is 114 Å². The van der Waals surface area contributed by atoms with E-state index >= 15 is 0 Å². The predicted octanol–water partition coefficient (Wildman–Crippen LogP) is 1.12. The number of guanidine groups is 1. The summed E-state index contributed by atoms with van der Waals surface area (Å²) < 4.78 is 4.58. The molecule has 2 atom stereocenters. The topological polar surface area (TPSA) is 76.7 Å². The molecule has 0 fully saturated rings. The molecule has 0 radical (unpaired) electrons. The fourth-order valence-electron chi connectivity index (χ4n) is 0.911. The molecule has 16 heavy (non-hydrogen) atoms. The Kier molecular flexibility index (Phi) is 10.8. The number of nitrogens with one attached hydrogen (secondary N) is 1. The number of esters is 1. The minimum Gasteiger partial charge on any atom is -0.469 e. The van der Waals surface area contributed by atoms with E-state index in [1.54, 1.807) is 6.92 Å². The van der Waals surface area contributed by atoms with Gasteiger partial charge in [-0.05, 0) is 13.3 Å². The first-order valence-corrected chi connectivity index (χ1v) is 5.15. The number of halogens is 1. The van der Waals surface area contributed by atoms with Gasteiger partial charge in [-0.3, -0.25) is 9.79 Å². The van der Waals surface area contributed by atoms with Gasteiger partial charge in [0.05, 0.1) is 19.6 Å². The van der Waals surface area contributed by atoms with E-state index in [4.69, 9.17) is 5.73 Å². The third-order valence-electron chi connectivity index (χ3n) is 2.15. The second-order valence-corrected chi connectivity index (χ2v) is 3.60. The summed E-state index contributed by atoms with van der Waals surface area (Å²) in [6.07, 6.45) is 0.975. The Morgan fingerprint density at radius 3 is 2.50 bits per heavy atom. The van der Waals surface area contributed by atoms with Gasteiger partial charge >= 0.3 is 5.97 Å². The lowest BCUT2D eigenvalue weighted by Crippen LogP contribution is -2.38. The van der Waals surface area contributed by atoms with Crippen LogP contribution in [0.4, 0.5) is 0 Å². The van der Waals surface area contributed by atoms with Crippen LogP contribution in [0.2, 0.25) is 0 Å². The summed E-state index contributed by atoms with van der Waals surface area (Å²) in [5.74, 6) is -0.150. The normalized spacial score (nSPS) is 14.6.